The van der Waals surface area contributed by atoms with Crippen LogP contribution in [0.5, 0.6) is 0 Å². The molecule has 1 atom stereocenters. The highest BCUT2D eigenvalue weighted by Gasteiger charge is 2.13. The molecular weight excluding hydrogens is 198 g/mol. The second-order valence-electron chi connectivity index (χ2n) is 3.87. The number of nitrogens with two attached hydrogens (primary N) is 1. The number of aryl methyl sites for hydroxylation is 1. The van der Waals surface area contributed by atoms with Crippen LogP contribution >= 0.6 is 0 Å². The van der Waals surface area contributed by atoms with Crippen LogP contribution in [-0.2, 0) is 6.54 Å². The van der Waals surface area contributed by atoms with Gasteiger partial charge in [0.2, 0.25) is 0 Å². The second kappa shape index (κ2) is 4.94. The molecule has 0 amide bonds. The number of benzene rings is 1. The summed E-state index contributed by atoms with van der Waals surface area (Å²) in [7, 11) is 0. The molecule has 1 aromatic heterocycles. The molecule has 2 aromatic rings. The van der Waals surface area contributed by atoms with Crippen LogP contribution in [0.15, 0.2) is 42.7 Å². The van der Waals surface area contributed by atoms with Crippen molar-refractivity contribution in [1.82, 2.24) is 9.55 Å². The van der Waals surface area contributed by atoms with E-state index in [2.05, 4.69) is 16.5 Å². The van der Waals surface area contributed by atoms with Crippen LogP contribution in [0.1, 0.15) is 30.8 Å². The van der Waals surface area contributed by atoms with Crippen molar-refractivity contribution >= 4 is 0 Å². The van der Waals surface area contributed by atoms with Crippen LogP contribution in [0, 0.1) is 0 Å². The summed E-state index contributed by atoms with van der Waals surface area (Å²) < 4.78 is 2.12. The number of nitrogens with zero attached hydrogens (tertiary/aromatic N) is 2. The lowest BCUT2D eigenvalue weighted by atomic mass is 10.1. The molecule has 2 N–H and O–H groups in total. The van der Waals surface area contributed by atoms with Crippen molar-refractivity contribution in [2.45, 2.75) is 25.9 Å². The van der Waals surface area contributed by atoms with Crippen molar-refractivity contribution in [3.63, 3.8) is 0 Å². The molecule has 0 aliphatic rings. The standard InChI is InChI=1S/C13H17N3/c1-2-9-16-10-8-15-13(16)12(14)11-6-4-3-5-7-11/h3-8,10,12H,2,9,14H2,1H3. The molecule has 0 fully saturated rings. The largest absolute Gasteiger partial charge is 0.333 e. The van der Waals surface area contributed by atoms with Gasteiger partial charge >= 0.3 is 0 Å². The first-order valence-electron chi connectivity index (χ1n) is 5.64. The molecule has 84 valence electrons. The maximum absolute atomic E-state index is 6.21. The van der Waals surface area contributed by atoms with E-state index in [-0.39, 0.29) is 6.04 Å². The average Bonchev–Trinajstić information content (AvgIpc) is 2.78. The van der Waals surface area contributed by atoms with Crippen molar-refractivity contribution in [1.29, 1.82) is 0 Å². The van der Waals surface area contributed by atoms with Crippen LogP contribution < -0.4 is 5.73 Å². The molecule has 0 bridgehead atoms. The molecule has 1 aromatic carbocycles. The monoisotopic (exact) mass is 215 g/mol. The zero-order valence-corrected chi connectivity index (χ0v) is 9.50. The first-order chi connectivity index (χ1) is 7.83. The second-order valence-corrected chi connectivity index (χ2v) is 3.87. The van der Waals surface area contributed by atoms with E-state index in [4.69, 9.17) is 5.73 Å². The third-order valence-corrected chi connectivity index (χ3v) is 2.65. The van der Waals surface area contributed by atoms with E-state index in [1.54, 1.807) is 0 Å². The van der Waals surface area contributed by atoms with Crippen molar-refractivity contribution in [2.24, 2.45) is 5.73 Å². The zero-order chi connectivity index (χ0) is 11.4. The Hall–Kier alpha value is -1.61. The van der Waals surface area contributed by atoms with Gasteiger partial charge in [0.05, 0.1) is 6.04 Å². The lowest BCUT2D eigenvalue weighted by Gasteiger charge is -2.13. The van der Waals surface area contributed by atoms with Gasteiger partial charge < -0.3 is 10.3 Å². The van der Waals surface area contributed by atoms with Crippen LogP contribution in [0.3, 0.4) is 0 Å². The van der Waals surface area contributed by atoms with Crippen LogP contribution in [0.2, 0.25) is 0 Å². The van der Waals surface area contributed by atoms with Crippen LogP contribution in [-0.4, -0.2) is 9.55 Å². The number of hydrogen-bond acceptors (Lipinski definition) is 2. The fraction of sp³-hybridized carbons (Fsp3) is 0.308. The molecule has 0 aliphatic heterocycles. The predicted octanol–water partition coefficient (Wildman–Crippen LogP) is 2.34. The quantitative estimate of drug-likeness (QED) is 0.850. The summed E-state index contributed by atoms with van der Waals surface area (Å²) in [4.78, 5) is 4.35. The van der Waals surface area contributed by atoms with Gasteiger partial charge in [-0.3, -0.25) is 0 Å². The highest BCUT2D eigenvalue weighted by atomic mass is 15.1. The van der Waals surface area contributed by atoms with Gasteiger partial charge in [-0.2, -0.15) is 0 Å². The summed E-state index contributed by atoms with van der Waals surface area (Å²) in [6.07, 6.45) is 4.89. The van der Waals surface area contributed by atoms with Gasteiger partial charge in [-0.05, 0) is 12.0 Å². The molecule has 0 saturated carbocycles. The highest BCUT2D eigenvalue weighted by molar-refractivity contribution is 5.24. The van der Waals surface area contributed by atoms with E-state index in [0.29, 0.717) is 0 Å². The minimum atomic E-state index is -0.136. The van der Waals surface area contributed by atoms with Gasteiger partial charge in [-0.1, -0.05) is 37.3 Å². The Kier molecular flexibility index (Phi) is 3.37. The maximum atomic E-state index is 6.21. The smallest absolute Gasteiger partial charge is 0.130 e. The van der Waals surface area contributed by atoms with Gasteiger partial charge in [0, 0.05) is 18.9 Å². The predicted molar refractivity (Wildman–Crippen MR) is 65.0 cm³/mol. The van der Waals surface area contributed by atoms with E-state index >= 15 is 0 Å². The Morgan fingerprint density at radius 1 is 1.31 bits per heavy atom. The number of aromatic nitrogens is 2. The summed E-state index contributed by atoms with van der Waals surface area (Å²) in [6, 6.07) is 9.94. The third kappa shape index (κ3) is 2.14. The minimum Gasteiger partial charge on any atom is -0.333 e. The molecule has 0 saturated heterocycles. The molecule has 3 nitrogen and oxygen atoms in total. The number of hydrogen-bond donors (Lipinski definition) is 1. The van der Waals surface area contributed by atoms with E-state index < -0.39 is 0 Å². The van der Waals surface area contributed by atoms with E-state index in [1.165, 1.54) is 0 Å². The third-order valence-electron chi connectivity index (χ3n) is 2.65. The summed E-state index contributed by atoms with van der Waals surface area (Å²) in [5.74, 6) is 0.938. The van der Waals surface area contributed by atoms with E-state index in [0.717, 1.165) is 24.4 Å². The molecule has 1 heterocycles. The van der Waals surface area contributed by atoms with Crippen molar-refractivity contribution in [3.8, 4) is 0 Å². The zero-order valence-electron chi connectivity index (χ0n) is 9.50. The normalized spacial score (nSPS) is 12.6. The summed E-state index contributed by atoms with van der Waals surface area (Å²) in [5, 5.41) is 0. The molecule has 16 heavy (non-hydrogen) atoms. The Labute approximate surface area is 95.9 Å². The first kappa shape index (κ1) is 10.9. The van der Waals surface area contributed by atoms with Gasteiger partial charge in [-0.15, -0.1) is 0 Å². The summed E-state index contributed by atoms with van der Waals surface area (Å²) >= 11 is 0. The van der Waals surface area contributed by atoms with Gasteiger partial charge in [0.25, 0.3) is 0 Å². The fourth-order valence-corrected chi connectivity index (χ4v) is 1.84. The lowest BCUT2D eigenvalue weighted by molar-refractivity contribution is 0.613. The maximum Gasteiger partial charge on any atom is 0.130 e. The van der Waals surface area contributed by atoms with Gasteiger partial charge in [0.15, 0.2) is 0 Å². The fourth-order valence-electron chi connectivity index (χ4n) is 1.84. The molecule has 0 spiro atoms. The molecule has 2 rings (SSSR count). The highest BCUT2D eigenvalue weighted by Crippen LogP contribution is 2.17. The molecular formula is C13H17N3. The molecule has 3 heteroatoms. The molecule has 1 unspecified atom stereocenters. The molecule has 0 radical (unpaired) electrons. The van der Waals surface area contributed by atoms with Crippen molar-refractivity contribution in [2.75, 3.05) is 0 Å². The van der Waals surface area contributed by atoms with Crippen molar-refractivity contribution in [3.05, 3.63) is 54.1 Å². The van der Waals surface area contributed by atoms with E-state index in [1.807, 2.05) is 42.7 Å². The Bertz CT molecular complexity index is 433. The minimum absolute atomic E-state index is 0.136. The van der Waals surface area contributed by atoms with Gasteiger partial charge in [0.1, 0.15) is 5.82 Å². The summed E-state index contributed by atoms with van der Waals surface area (Å²) in [6.45, 7) is 3.12. The first-order valence-corrected chi connectivity index (χ1v) is 5.64. The Morgan fingerprint density at radius 2 is 2.06 bits per heavy atom. The molecule has 0 aliphatic carbocycles. The summed E-state index contributed by atoms with van der Waals surface area (Å²) in [5.41, 5.74) is 7.31. The number of rotatable bonds is 4. The topological polar surface area (TPSA) is 43.8 Å². The number of imidazole rings is 1. The van der Waals surface area contributed by atoms with E-state index in [9.17, 15) is 0 Å². The SMILES string of the molecule is CCCn1ccnc1C(N)c1ccccc1. The van der Waals surface area contributed by atoms with Crippen LogP contribution in [0.4, 0.5) is 0 Å². The lowest BCUT2D eigenvalue weighted by Crippen LogP contribution is -2.17. The Balaban J connectivity index is 2.27. The average molecular weight is 215 g/mol. The Morgan fingerprint density at radius 3 is 2.75 bits per heavy atom. The van der Waals surface area contributed by atoms with Crippen molar-refractivity contribution < 1.29 is 0 Å². The van der Waals surface area contributed by atoms with Crippen LogP contribution in [0.25, 0.3) is 0 Å². The van der Waals surface area contributed by atoms with Gasteiger partial charge in [-0.25, -0.2) is 4.98 Å².